The van der Waals surface area contributed by atoms with E-state index in [-0.39, 0.29) is 0 Å². The summed E-state index contributed by atoms with van der Waals surface area (Å²) in [6, 6.07) is 10.4. The van der Waals surface area contributed by atoms with E-state index in [1.807, 2.05) is 12.1 Å². The molecule has 1 aliphatic rings. The largest absolute Gasteiger partial charge is 0.192 e. The van der Waals surface area contributed by atoms with Gasteiger partial charge in [-0.1, -0.05) is 38.3 Å². The summed E-state index contributed by atoms with van der Waals surface area (Å²) in [6.45, 7) is 3.92. The third kappa shape index (κ3) is 3.35. The molecule has 0 saturated heterocycles. The van der Waals surface area contributed by atoms with Crippen LogP contribution in [0.25, 0.3) is 0 Å². The lowest BCUT2D eigenvalue weighted by molar-refractivity contribution is 0.305. The first kappa shape index (κ1) is 13.1. The minimum Gasteiger partial charge on any atom is -0.192 e. The van der Waals surface area contributed by atoms with Crippen molar-refractivity contribution in [2.45, 2.75) is 50.9 Å². The van der Waals surface area contributed by atoms with Crippen molar-refractivity contribution >= 4 is 0 Å². The molecule has 1 radical (unpaired) electrons. The van der Waals surface area contributed by atoms with Crippen LogP contribution in [-0.4, -0.2) is 0 Å². The lowest BCUT2D eigenvalue weighted by Crippen LogP contribution is -2.13. The van der Waals surface area contributed by atoms with E-state index < -0.39 is 0 Å². The molecule has 0 amide bonds. The number of hydrogen-bond donors (Lipinski definition) is 0. The van der Waals surface area contributed by atoms with Crippen molar-refractivity contribution in [3.63, 3.8) is 0 Å². The van der Waals surface area contributed by atoms with E-state index in [9.17, 15) is 0 Å². The highest BCUT2D eigenvalue weighted by atomic mass is 14.3. The lowest BCUT2D eigenvalue weighted by atomic mass is 9.77. The zero-order chi connectivity index (χ0) is 12.8. The SMILES string of the molecule is [CH2]CCCC1CCC(c2ccc(C#N)cc2)CC1. The first-order valence-electron chi connectivity index (χ1n) is 7.12. The van der Waals surface area contributed by atoms with Crippen LogP contribution in [0.3, 0.4) is 0 Å². The Labute approximate surface area is 111 Å². The van der Waals surface area contributed by atoms with Gasteiger partial charge in [-0.2, -0.15) is 5.26 Å². The molecule has 0 heterocycles. The van der Waals surface area contributed by atoms with E-state index in [2.05, 4.69) is 25.1 Å². The van der Waals surface area contributed by atoms with Crippen LogP contribution >= 0.6 is 0 Å². The Balaban J connectivity index is 1.87. The maximum atomic E-state index is 8.80. The van der Waals surface area contributed by atoms with Gasteiger partial charge in [0, 0.05) is 0 Å². The van der Waals surface area contributed by atoms with Gasteiger partial charge in [-0.3, -0.25) is 0 Å². The number of unbranched alkanes of at least 4 members (excludes halogenated alkanes) is 1. The molecular weight excluding hydrogens is 218 g/mol. The van der Waals surface area contributed by atoms with E-state index in [1.165, 1.54) is 44.1 Å². The predicted octanol–water partition coefficient (Wildman–Crippen LogP) is 4.84. The molecule has 0 aliphatic heterocycles. The molecule has 0 bridgehead atoms. The van der Waals surface area contributed by atoms with Crippen molar-refractivity contribution in [3.8, 4) is 6.07 Å². The molecule has 1 nitrogen and oxygen atoms in total. The van der Waals surface area contributed by atoms with Gasteiger partial charge in [0.1, 0.15) is 0 Å². The Kier molecular flexibility index (Phi) is 4.81. The summed E-state index contributed by atoms with van der Waals surface area (Å²) < 4.78 is 0. The zero-order valence-corrected chi connectivity index (χ0v) is 11.1. The first-order chi connectivity index (χ1) is 8.83. The van der Waals surface area contributed by atoms with Crippen LogP contribution in [0.1, 0.15) is 62.0 Å². The molecular formula is C17H22N. The second-order valence-corrected chi connectivity index (χ2v) is 5.45. The van der Waals surface area contributed by atoms with Gasteiger partial charge in [-0.15, -0.1) is 0 Å². The van der Waals surface area contributed by atoms with Gasteiger partial charge in [0.25, 0.3) is 0 Å². The van der Waals surface area contributed by atoms with Crippen LogP contribution < -0.4 is 0 Å². The Morgan fingerprint density at radius 1 is 1.11 bits per heavy atom. The second kappa shape index (κ2) is 6.59. The number of nitrogens with zero attached hydrogens (tertiary/aromatic N) is 1. The van der Waals surface area contributed by atoms with Crippen LogP contribution in [-0.2, 0) is 0 Å². The minimum absolute atomic E-state index is 0.716. The smallest absolute Gasteiger partial charge is 0.0991 e. The van der Waals surface area contributed by atoms with Gasteiger partial charge in [-0.05, 0) is 55.2 Å². The van der Waals surface area contributed by atoms with Crippen LogP contribution in [0, 0.1) is 24.2 Å². The lowest BCUT2D eigenvalue weighted by Gasteiger charge is -2.28. The molecule has 1 fully saturated rings. The maximum absolute atomic E-state index is 8.80. The molecule has 95 valence electrons. The minimum atomic E-state index is 0.716. The Hall–Kier alpha value is -1.29. The Morgan fingerprint density at radius 2 is 1.78 bits per heavy atom. The summed E-state index contributed by atoms with van der Waals surface area (Å²) in [7, 11) is 0. The van der Waals surface area contributed by atoms with Crippen molar-refractivity contribution in [3.05, 3.63) is 42.3 Å². The van der Waals surface area contributed by atoms with E-state index in [4.69, 9.17) is 5.26 Å². The predicted molar refractivity (Wildman–Crippen MR) is 75.1 cm³/mol. The molecule has 1 saturated carbocycles. The highest BCUT2D eigenvalue weighted by Crippen LogP contribution is 2.37. The topological polar surface area (TPSA) is 23.8 Å². The van der Waals surface area contributed by atoms with Gasteiger partial charge in [-0.25, -0.2) is 0 Å². The van der Waals surface area contributed by atoms with Gasteiger partial charge >= 0.3 is 0 Å². The summed E-state index contributed by atoms with van der Waals surface area (Å²) in [5.41, 5.74) is 2.19. The zero-order valence-electron chi connectivity index (χ0n) is 11.1. The Morgan fingerprint density at radius 3 is 2.33 bits per heavy atom. The van der Waals surface area contributed by atoms with Gasteiger partial charge in [0.15, 0.2) is 0 Å². The second-order valence-electron chi connectivity index (χ2n) is 5.45. The molecule has 2 rings (SSSR count). The van der Waals surface area contributed by atoms with E-state index >= 15 is 0 Å². The Bertz CT molecular complexity index is 391. The molecule has 0 unspecified atom stereocenters. The fourth-order valence-electron chi connectivity index (χ4n) is 3.05. The van der Waals surface area contributed by atoms with Crippen LogP contribution in [0.5, 0.6) is 0 Å². The fourth-order valence-corrected chi connectivity index (χ4v) is 3.05. The van der Waals surface area contributed by atoms with Gasteiger partial charge in [0.05, 0.1) is 11.6 Å². The van der Waals surface area contributed by atoms with Crippen molar-refractivity contribution in [2.24, 2.45) is 5.92 Å². The van der Waals surface area contributed by atoms with Gasteiger partial charge < -0.3 is 0 Å². The average molecular weight is 240 g/mol. The molecule has 1 aliphatic carbocycles. The summed E-state index contributed by atoms with van der Waals surface area (Å²) >= 11 is 0. The number of hydrogen-bond acceptors (Lipinski definition) is 1. The third-order valence-corrected chi connectivity index (χ3v) is 4.22. The highest BCUT2D eigenvalue weighted by molar-refractivity contribution is 5.33. The monoisotopic (exact) mass is 240 g/mol. The quantitative estimate of drug-likeness (QED) is 0.739. The molecule has 18 heavy (non-hydrogen) atoms. The standard InChI is InChI=1S/C17H22N/c1-2-3-4-14-5-9-16(10-6-14)17-11-7-15(13-18)8-12-17/h7-8,11-12,14,16H,1-6,9-10H2. The van der Waals surface area contributed by atoms with E-state index in [0.717, 1.165) is 17.9 Å². The summed E-state index contributed by atoms with van der Waals surface area (Å²) in [5, 5.41) is 8.80. The number of benzene rings is 1. The normalized spacial score (nSPS) is 23.6. The molecule has 0 aromatic heterocycles. The molecule has 1 aromatic rings. The fraction of sp³-hybridized carbons (Fsp3) is 0.529. The average Bonchev–Trinajstić information content (AvgIpc) is 2.46. The maximum Gasteiger partial charge on any atom is 0.0991 e. The van der Waals surface area contributed by atoms with Crippen molar-refractivity contribution < 1.29 is 0 Å². The molecule has 0 atom stereocenters. The number of rotatable bonds is 4. The van der Waals surface area contributed by atoms with Crippen LogP contribution in [0.2, 0.25) is 0 Å². The van der Waals surface area contributed by atoms with Crippen molar-refractivity contribution in [2.75, 3.05) is 0 Å². The summed E-state index contributed by atoms with van der Waals surface area (Å²) in [6.07, 6.45) is 9.09. The first-order valence-corrected chi connectivity index (χ1v) is 7.12. The van der Waals surface area contributed by atoms with Crippen LogP contribution in [0.15, 0.2) is 24.3 Å². The summed E-state index contributed by atoms with van der Waals surface area (Å²) in [4.78, 5) is 0. The van der Waals surface area contributed by atoms with Gasteiger partial charge in [0.2, 0.25) is 0 Å². The third-order valence-electron chi connectivity index (χ3n) is 4.22. The molecule has 0 spiro atoms. The number of nitriles is 1. The molecule has 1 heteroatoms. The van der Waals surface area contributed by atoms with Crippen molar-refractivity contribution in [1.82, 2.24) is 0 Å². The highest BCUT2D eigenvalue weighted by Gasteiger charge is 2.21. The van der Waals surface area contributed by atoms with E-state index in [1.54, 1.807) is 0 Å². The van der Waals surface area contributed by atoms with Crippen molar-refractivity contribution in [1.29, 1.82) is 5.26 Å². The molecule has 0 N–H and O–H groups in total. The summed E-state index contributed by atoms with van der Waals surface area (Å²) in [5.74, 6) is 1.65. The molecule has 1 aromatic carbocycles. The van der Waals surface area contributed by atoms with E-state index in [0.29, 0.717) is 5.92 Å². The van der Waals surface area contributed by atoms with Crippen LogP contribution in [0.4, 0.5) is 0 Å².